The summed E-state index contributed by atoms with van der Waals surface area (Å²) < 4.78 is 0. The third-order valence-electron chi connectivity index (χ3n) is 3.17. The molecule has 7 heteroatoms. The van der Waals surface area contributed by atoms with Crippen LogP contribution in [-0.4, -0.2) is 21.6 Å². The largest absolute Gasteiger partial charge is 0.378 e. The van der Waals surface area contributed by atoms with Gasteiger partial charge in [-0.2, -0.15) is 5.10 Å². The molecule has 0 spiro atoms. The summed E-state index contributed by atoms with van der Waals surface area (Å²) in [7, 11) is 0. The lowest BCUT2D eigenvalue weighted by Crippen LogP contribution is -2.26. The van der Waals surface area contributed by atoms with Crippen LogP contribution >= 0.6 is 0 Å². The highest BCUT2D eigenvalue weighted by molar-refractivity contribution is 5.99. The minimum atomic E-state index is -1.34. The lowest BCUT2D eigenvalue weighted by Gasteiger charge is -2.09. The number of aliphatic hydroxyl groups is 1. The molecule has 0 bridgehead atoms. The predicted octanol–water partition coefficient (Wildman–Crippen LogP) is 2.17. The number of amides is 1. The second-order valence-electron chi connectivity index (χ2n) is 4.79. The summed E-state index contributed by atoms with van der Waals surface area (Å²) in [5, 5.41) is 24.5. The lowest BCUT2D eigenvalue weighted by molar-refractivity contribution is -0.384. The Morgan fingerprint density at radius 3 is 2.57 bits per heavy atom. The molecule has 1 unspecified atom stereocenters. The van der Waals surface area contributed by atoms with Crippen molar-refractivity contribution < 1.29 is 14.8 Å². The van der Waals surface area contributed by atoms with Crippen LogP contribution in [0.4, 0.5) is 5.69 Å². The van der Waals surface area contributed by atoms with Gasteiger partial charge in [0.1, 0.15) is 0 Å². The van der Waals surface area contributed by atoms with E-state index in [-0.39, 0.29) is 5.69 Å². The van der Waals surface area contributed by atoms with E-state index in [0.29, 0.717) is 16.8 Å². The molecule has 0 aromatic heterocycles. The van der Waals surface area contributed by atoms with Crippen molar-refractivity contribution in [3.05, 3.63) is 75.8 Å². The smallest absolute Gasteiger partial charge is 0.273 e. The van der Waals surface area contributed by atoms with Crippen LogP contribution < -0.4 is 5.43 Å². The second-order valence-corrected chi connectivity index (χ2v) is 4.79. The van der Waals surface area contributed by atoms with Crippen molar-refractivity contribution in [2.24, 2.45) is 5.10 Å². The van der Waals surface area contributed by atoms with Gasteiger partial charge >= 0.3 is 0 Å². The molecule has 2 aromatic carbocycles. The van der Waals surface area contributed by atoms with Gasteiger partial charge in [0.2, 0.25) is 0 Å². The molecule has 7 nitrogen and oxygen atoms in total. The Balaban J connectivity index is 2.08. The number of non-ortho nitro benzene ring substituents is 1. The lowest BCUT2D eigenvalue weighted by atomic mass is 10.1. The van der Waals surface area contributed by atoms with Crippen molar-refractivity contribution in [3.63, 3.8) is 0 Å². The first-order valence-corrected chi connectivity index (χ1v) is 6.81. The maximum Gasteiger partial charge on any atom is 0.273 e. The number of hydrazone groups is 1. The number of nitro groups is 1. The Kier molecular flexibility index (Phi) is 5.16. The van der Waals surface area contributed by atoms with Crippen LogP contribution in [0.2, 0.25) is 0 Å². The van der Waals surface area contributed by atoms with E-state index >= 15 is 0 Å². The van der Waals surface area contributed by atoms with Crippen LogP contribution in [0.15, 0.2) is 59.7 Å². The highest BCUT2D eigenvalue weighted by Gasteiger charge is 2.16. The Hall–Kier alpha value is -3.06. The van der Waals surface area contributed by atoms with Crippen LogP contribution in [0.1, 0.15) is 24.2 Å². The van der Waals surface area contributed by atoms with E-state index in [9.17, 15) is 20.0 Å². The topological polar surface area (TPSA) is 105 Å². The minimum Gasteiger partial charge on any atom is -0.378 e. The number of nitro benzene ring substituents is 1. The van der Waals surface area contributed by atoms with Crippen LogP contribution in [0.5, 0.6) is 0 Å². The standard InChI is InChI=1S/C16H15N3O4/c1-11(13-8-5-9-14(10-13)19(22)23)17-18-16(21)15(20)12-6-3-2-4-7-12/h2-10,15,20H,1H3,(H,18,21). The number of benzene rings is 2. The van der Waals surface area contributed by atoms with Gasteiger partial charge in [-0.1, -0.05) is 42.5 Å². The van der Waals surface area contributed by atoms with Gasteiger partial charge in [0, 0.05) is 17.7 Å². The number of nitrogens with zero attached hydrogens (tertiary/aromatic N) is 2. The molecule has 2 N–H and O–H groups in total. The number of nitrogens with one attached hydrogen (secondary N) is 1. The fourth-order valence-corrected chi connectivity index (χ4v) is 1.90. The quantitative estimate of drug-likeness (QED) is 0.501. The number of carbonyl (C=O) groups excluding carboxylic acids is 1. The Morgan fingerprint density at radius 1 is 1.22 bits per heavy atom. The minimum absolute atomic E-state index is 0.0623. The van der Waals surface area contributed by atoms with Gasteiger partial charge in [-0.25, -0.2) is 5.43 Å². The molecule has 0 aliphatic carbocycles. The van der Waals surface area contributed by atoms with Crippen LogP contribution in [0, 0.1) is 10.1 Å². The molecule has 118 valence electrons. The first-order chi connectivity index (χ1) is 11.0. The van der Waals surface area contributed by atoms with E-state index in [1.807, 2.05) is 0 Å². The zero-order valence-electron chi connectivity index (χ0n) is 12.3. The molecule has 0 radical (unpaired) electrons. The first-order valence-electron chi connectivity index (χ1n) is 6.81. The molecule has 0 saturated carbocycles. The molecule has 23 heavy (non-hydrogen) atoms. The van der Waals surface area contributed by atoms with Gasteiger partial charge in [-0.3, -0.25) is 14.9 Å². The van der Waals surface area contributed by atoms with E-state index in [4.69, 9.17) is 0 Å². The van der Waals surface area contributed by atoms with Crippen LogP contribution in [0.25, 0.3) is 0 Å². The van der Waals surface area contributed by atoms with Crippen molar-refractivity contribution in [2.45, 2.75) is 13.0 Å². The summed E-state index contributed by atoms with van der Waals surface area (Å²) >= 11 is 0. The molecule has 0 saturated heterocycles. The summed E-state index contributed by atoms with van der Waals surface area (Å²) in [6.45, 7) is 1.61. The Bertz CT molecular complexity index is 744. The highest BCUT2D eigenvalue weighted by Crippen LogP contribution is 2.14. The number of hydrogen-bond acceptors (Lipinski definition) is 5. The Morgan fingerprint density at radius 2 is 1.91 bits per heavy atom. The van der Waals surface area contributed by atoms with Gasteiger partial charge in [0.25, 0.3) is 11.6 Å². The fourth-order valence-electron chi connectivity index (χ4n) is 1.90. The van der Waals surface area contributed by atoms with Crippen molar-refractivity contribution in [1.82, 2.24) is 5.43 Å². The van der Waals surface area contributed by atoms with Gasteiger partial charge in [-0.05, 0) is 12.5 Å². The molecule has 0 heterocycles. The fraction of sp³-hybridized carbons (Fsp3) is 0.125. The van der Waals surface area contributed by atoms with E-state index in [1.165, 1.54) is 18.2 Å². The molecule has 0 fully saturated rings. The summed E-state index contributed by atoms with van der Waals surface area (Å²) in [5.41, 5.74) is 3.55. The van der Waals surface area contributed by atoms with Gasteiger partial charge in [0.15, 0.2) is 6.10 Å². The maximum absolute atomic E-state index is 11.9. The van der Waals surface area contributed by atoms with Gasteiger partial charge in [0.05, 0.1) is 10.6 Å². The normalized spacial score (nSPS) is 12.5. The average Bonchev–Trinajstić information content (AvgIpc) is 2.59. The van der Waals surface area contributed by atoms with E-state index in [0.717, 1.165) is 0 Å². The van der Waals surface area contributed by atoms with Crippen molar-refractivity contribution in [1.29, 1.82) is 0 Å². The molecule has 0 aliphatic heterocycles. The molecule has 1 amide bonds. The number of rotatable bonds is 5. The SMILES string of the molecule is CC(=NNC(=O)C(O)c1ccccc1)c1cccc([N+](=O)[O-])c1. The number of aliphatic hydroxyl groups excluding tert-OH is 1. The average molecular weight is 313 g/mol. The van der Waals surface area contributed by atoms with E-state index in [1.54, 1.807) is 43.3 Å². The van der Waals surface area contributed by atoms with Crippen LogP contribution in [0.3, 0.4) is 0 Å². The van der Waals surface area contributed by atoms with Crippen molar-refractivity contribution in [3.8, 4) is 0 Å². The molecule has 2 rings (SSSR count). The Labute approximate surface area is 132 Å². The molecule has 0 aliphatic rings. The first kappa shape index (κ1) is 16.3. The van der Waals surface area contributed by atoms with E-state index in [2.05, 4.69) is 10.5 Å². The predicted molar refractivity (Wildman–Crippen MR) is 84.9 cm³/mol. The molecular formula is C16H15N3O4. The number of hydrogen-bond donors (Lipinski definition) is 2. The van der Waals surface area contributed by atoms with Crippen molar-refractivity contribution in [2.75, 3.05) is 0 Å². The van der Waals surface area contributed by atoms with Gasteiger partial charge in [-0.15, -0.1) is 0 Å². The maximum atomic E-state index is 11.9. The van der Waals surface area contributed by atoms with Gasteiger partial charge < -0.3 is 5.11 Å². The van der Waals surface area contributed by atoms with E-state index < -0.39 is 16.9 Å². The van der Waals surface area contributed by atoms with Crippen LogP contribution in [-0.2, 0) is 4.79 Å². The summed E-state index contributed by atoms with van der Waals surface area (Å²) in [6.07, 6.45) is -1.34. The number of carbonyl (C=O) groups is 1. The third-order valence-corrected chi connectivity index (χ3v) is 3.17. The summed E-state index contributed by atoms with van der Waals surface area (Å²) in [6, 6.07) is 14.4. The second kappa shape index (κ2) is 7.28. The molecule has 2 aromatic rings. The highest BCUT2D eigenvalue weighted by atomic mass is 16.6. The summed E-state index contributed by atoms with van der Waals surface area (Å²) in [5.74, 6) is -0.680. The zero-order valence-corrected chi connectivity index (χ0v) is 12.3. The monoisotopic (exact) mass is 313 g/mol. The zero-order chi connectivity index (χ0) is 16.8. The third kappa shape index (κ3) is 4.21. The van der Waals surface area contributed by atoms with Crippen molar-refractivity contribution >= 4 is 17.3 Å². The molecular weight excluding hydrogens is 298 g/mol. The molecule has 1 atom stereocenters. The summed E-state index contributed by atoms with van der Waals surface area (Å²) in [4.78, 5) is 22.1.